The molecule has 0 saturated heterocycles. The van der Waals surface area contributed by atoms with Gasteiger partial charge in [0.05, 0.1) is 18.4 Å². The van der Waals surface area contributed by atoms with Gasteiger partial charge in [-0.2, -0.15) is 5.10 Å². The van der Waals surface area contributed by atoms with Crippen LogP contribution in [0.25, 0.3) is 5.69 Å². The van der Waals surface area contributed by atoms with Gasteiger partial charge in [-0.05, 0) is 43.2 Å². The maximum absolute atomic E-state index is 12.3. The van der Waals surface area contributed by atoms with E-state index in [1.165, 1.54) is 0 Å². The van der Waals surface area contributed by atoms with E-state index in [1.807, 2.05) is 24.3 Å². The monoisotopic (exact) mass is 343 g/mol. The fourth-order valence-electron chi connectivity index (χ4n) is 3.22. The molecule has 0 bridgehead atoms. The fourth-order valence-corrected chi connectivity index (χ4v) is 3.22. The Bertz CT molecular complexity index is 701. The summed E-state index contributed by atoms with van der Waals surface area (Å²) in [5, 5.41) is 17.8. The molecule has 1 saturated carbocycles. The number of nitrogens with one attached hydrogen (secondary N) is 1. The highest BCUT2D eigenvalue weighted by atomic mass is 16.5. The van der Waals surface area contributed by atoms with Crippen LogP contribution in [-0.4, -0.2) is 40.0 Å². The van der Waals surface area contributed by atoms with Crippen LogP contribution in [0.5, 0.6) is 5.75 Å². The normalized spacial score (nSPS) is 16.9. The van der Waals surface area contributed by atoms with Gasteiger partial charge in [0.25, 0.3) is 5.91 Å². The fraction of sp³-hybridized carbons (Fsp3) is 0.474. The molecule has 1 amide bonds. The van der Waals surface area contributed by atoms with Gasteiger partial charge in [0.1, 0.15) is 5.75 Å². The molecule has 0 atom stereocenters. The summed E-state index contributed by atoms with van der Waals surface area (Å²) in [7, 11) is 1.62. The number of amides is 1. The first-order valence-corrected chi connectivity index (χ1v) is 8.80. The van der Waals surface area contributed by atoms with E-state index >= 15 is 0 Å². The van der Waals surface area contributed by atoms with E-state index in [9.17, 15) is 9.90 Å². The Morgan fingerprint density at radius 2 is 1.88 bits per heavy atom. The molecule has 1 aliphatic carbocycles. The van der Waals surface area contributed by atoms with Crippen LogP contribution >= 0.6 is 0 Å². The van der Waals surface area contributed by atoms with Crippen molar-refractivity contribution in [3.8, 4) is 11.4 Å². The van der Waals surface area contributed by atoms with Crippen LogP contribution in [0.15, 0.2) is 36.5 Å². The van der Waals surface area contributed by atoms with Crippen molar-refractivity contribution in [3.05, 3.63) is 42.2 Å². The summed E-state index contributed by atoms with van der Waals surface area (Å²) in [6, 6.07) is 9.12. The number of carbonyl (C=O) groups excluding carboxylic acids is 1. The largest absolute Gasteiger partial charge is 0.497 e. The van der Waals surface area contributed by atoms with E-state index < -0.39 is 5.60 Å². The average Bonchev–Trinajstić information content (AvgIpc) is 3.03. The van der Waals surface area contributed by atoms with E-state index in [1.54, 1.807) is 24.1 Å². The molecule has 1 fully saturated rings. The molecule has 1 aromatic carbocycles. The number of hydrogen-bond acceptors (Lipinski definition) is 4. The highest BCUT2D eigenvalue weighted by molar-refractivity contribution is 5.92. The van der Waals surface area contributed by atoms with E-state index in [4.69, 9.17) is 4.74 Å². The Labute approximate surface area is 147 Å². The van der Waals surface area contributed by atoms with E-state index in [2.05, 4.69) is 10.4 Å². The quantitative estimate of drug-likeness (QED) is 0.819. The molecule has 1 aliphatic rings. The molecule has 0 spiro atoms. The van der Waals surface area contributed by atoms with Crippen molar-refractivity contribution >= 4 is 5.91 Å². The molecule has 25 heavy (non-hydrogen) atoms. The van der Waals surface area contributed by atoms with Crippen molar-refractivity contribution in [2.75, 3.05) is 13.7 Å². The summed E-state index contributed by atoms with van der Waals surface area (Å²) in [6.45, 7) is 0.279. The number of nitrogens with zero attached hydrogens (tertiary/aromatic N) is 2. The molecule has 6 heteroatoms. The molecule has 134 valence electrons. The molecule has 2 N–H and O–H groups in total. The zero-order chi connectivity index (χ0) is 17.7. The molecular weight excluding hydrogens is 318 g/mol. The third-order valence-electron chi connectivity index (χ3n) is 4.77. The Morgan fingerprint density at radius 3 is 2.52 bits per heavy atom. The number of carbonyl (C=O) groups is 1. The van der Waals surface area contributed by atoms with Gasteiger partial charge in [-0.15, -0.1) is 0 Å². The summed E-state index contributed by atoms with van der Waals surface area (Å²) < 4.78 is 6.79. The van der Waals surface area contributed by atoms with Crippen molar-refractivity contribution in [2.24, 2.45) is 0 Å². The van der Waals surface area contributed by atoms with Gasteiger partial charge in [-0.1, -0.05) is 25.7 Å². The van der Waals surface area contributed by atoms with Crippen molar-refractivity contribution in [1.29, 1.82) is 0 Å². The number of aliphatic hydroxyl groups is 1. The lowest BCUT2D eigenvalue weighted by atomic mass is 9.94. The lowest BCUT2D eigenvalue weighted by Crippen LogP contribution is -2.42. The number of hydrogen-bond donors (Lipinski definition) is 2. The van der Waals surface area contributed by atoms with Crippen molar-refractivity contribution in [3.63, 3.8) is 0 Å². The lowest BCUT2D eigenvalue weighted by molar-refractivity contribution is 0.0246. The van der Waals surface area contributed by atoms with Crippen LogP contribution in [0.2, 0.25) is 0 Å². The molecule has 0 unspecified atom stereocenters. The van der Waals surface area contributed by atoms with E-state index in [-0.39, 0.29) is 12.5 Å². The third-order valence-corrected chi connectivity index (χ3v) is 4.77. The standard InChI is InChI=1S/C19H25N3O3/c1-25-16-8-6-15(7-9-16)22-13-10-17(21-22)18(23)20-14-19(24)11-4-2-3-5-12-19/h6-10,13,24H,2-5,11-12,14H2,1H3,(H,20,23). The van der Waals surface area contributed by atoms with Crippen LogP contribution in [-0.2, 0) is 0 Å². The molecule has 0 aliphatic heterocycles. The Hall–Kier alpha value is -2.34. The van der Waals surface area contributed by atoms with Gasteiger partial charge in [0.15, 0.2) is 5.69 Å². The predicted octanol–water partition coefficient (Wildman–Crippen LogP) is 2.70. The summed E-state index contributed by atoms with van der Waals surface area (Å²) >= 11 is 0. The Balaban J connectivity index is 1.62. The second-order valence-electron chi connectivity index (χ2n) is 6.66. The van der Waals surface area contributed by atoms with Gasteiger partial charge in [-0.25, -0.2) is 4.68 Å². The molecule has 1 aromatic heterocycles. The van der Waals surface area contributed by atoms with E-state index in [0.29, 0.717) is 5.69 Å². The average molecular weight is 343 g/mol. The first-order valence-electron chi connectivity index (χ1n) is 8.80. The summed E-state index contributed by atoms with van der Waals surface area (Å²) in [4.78, 5) is 12.3. The van der Waals surface area contributed by atoms with Crippen LogP contribution < -0.4 is 10.1 Å². The molecule has 0 radical (unpaired) electrons. The number of aromatic nitrogens is 2. The van der Waals surface area contributed by atoms with Crippen molar-refractivity contribution in [2.45, 2.75) is 44.1 Å². The highest BCUT2D eigenvalue weighted by Crippen LogP contribution is 2.26. The first-order chi connectivity index (χ1) is 12.1. The SMILES string of the molecule is COc1ccc(-n2ccc(C(=O)NCC3(O)CCCCCC3)n2)cc1. The zero-order valence-corrected chi connectivity index (χ0v) is 14.6. The molecule has 6 nitrogen and oxygen atoms in total. The van der Waals surface area contributed by atoms with Crippen LogP contribution in [0.3, 0.4) is 0 Å². The number of methoxy groups -OCH3 is 1. The van der Waals surface area contributed by atoms with Crippen LogP contribution in [0.1, 0.15) is 49.0 Å². The molecule has 1 heterocycles. The van der Waals surface area contributed by atoms with Gasteiger partial charge in [0, 0.05) is 12.7 Å². The summed E-state index contributed by atoms with van der Waals surface area (Å²) in [5.74, 6) is 0.510. The van der Waals surface area contributed by atoms with Gasteiger partial charge < -0.3 is 15.2 Å². The Kier molecular flexibility index (Phi) is 5.38. The molecule has 2 aromatic rings. The summed E-state index contributed by atoms with van der Waals surface area (Å²) in [6.07, 6.45) is 7.57. The number of ether oxygens (including phenoxy) is 1. The predicted molar refractivity (Wildman–Crippen MR) is 95.1 cm³/mol. The van der Waals surface area contributed by atoms with Crippen LogP contribution in [0, 0.1) is 0 Å². The minimum Gasteiger partial charge on any atom is -0.497 e. The van der Waals surface area contributed by atoms with Crippen LogP contribution in [0.4, 0.5) is 0 Å². The second kappa shape index (κ2) is 7.70. The highest BCUT2D eigenvalue weighted by Gasteiger charge is 2.28. The number of benzene rings is 1. The smallest absolute Gasteiger partial charge is 0.271 e. The maximum Gasteiger partial charge on any atom is 0.271 e. The molecular formula is C19H25N3O3. The zero-order valence-electron chi connectivity index (χ0n) is 14.6. The van der Waals surface area contributed by atoms with Gasteiger partial charge in [0.2, 0.25) is 0 Å². The Morgan fingerprint density at radius 1 is 1.20 bits per heavy atom. The minimum absolute atomic E-state index is 0.259. The topological polar surface area (TPSA) is 76.4 Å². The first kappa shape index (κ1) is 17.5. The van der Waals surface area contributed by atoms with Gasteiger partial charge in [-0.3, -0.25) is 4.79 Å². The third kappa shape index (κ3) is 4.39. The van der Waals surface area contributed by atoms with Crippen molar-refractivity contribution in [1.82, 2.24) is 15.1 Å². The lowest BCUT2D eigenvalue weighted by Gasteiger charge is -2.26. The molecule has 3 rings (SSSR count). The second-order valence-corrected chi connectivity index (χ2v) is 6.66. The number of rotatable bonds is 5. The summed E-state index contributed by atoms with van der Waals surface area (Å²) in [5.41, 5.74) is 0.403. The minimum atomic E-state index is -0.787. The van der Waals surface area contributed by atoms with E-state index in [0.717, 1.165) is 50.0 Å². The van der Waals surface area contributed by atoms with Gasteiger partial charge >= 0.3 is 0 Å². The van der Waals surface area contributed by atoms with Crippen molar-refractivity contribution < 1.29 is 14.6 Å². The maximum atomic E-state index is 12.3.